The fraction of sp³-hybridized carbons (Fsp3) is 0.370. The third-order valence-electron chi connectivity index (χ3n) is 7.41. The lowest BCUT2D eigenvalue weighted by atomic mass is 9.92. The molecule has 0 fully saturated rings. The Balaban J connectivity index is 1.56. The van der Waals surface area contributed by atoms with E-state index in [1.807, 2.05) is 44.2 Å². The van der Waals surface area contributed by atoms with Crippen LogP contribution in [0.4, 0.5) is 8.78 Å². The second-order valence-electron chi connectivity index (χ2n) is 9.56. The lowest BCUT2D eigenvalue weighted by Crippen LogP contribution is -2.26. The largest absolute Gasteiger partial charge is 0.439 e. The molecule has 8 nitrogen and oxygen atoms in total. The Morgan fingerprint density at radius 2 is 2.00 bits per heavy atom. The van der Waals surface area contributed by atoms with E-state index >= 15 is 0 Å². The molecule has 192 valence electrons. The summed E-state index contributed by atoms with van der Waals surface area (Å²) in [5.41, 5.74) is 6.79. The zero-order valence-electron chi connectivity index (χ0n) is 20.9. The first-order valence-electron chi connectivity index (χ1n) is 12.4. The van der Waals surface area contributed by atoms with Crippen LogP contribution in [0.15, 0.2) is 39.6 Å². The first-order chi connectivity index (χ1) is 17.8. The Kier molecular flexibility index (Phi) is 5.52. The predicted molar refractivity (Wildman–Crippen MR) is 136 cm³/mol. The molecule has 0 radical (unpaired) electrons. The molecule has 1 aliphatic carbocycles. The molecule has 0 unspecified atom stereocenters. The van der Waals surface area contributed by atoms with Gasteiger partial charge in [-0.2, -0.15) is 0 Å². The number of benzene rings is 2. The van der Waals surface area contributed by atoms with E-state index < -0.39 is 11.7 Å². The standard InChI is InChI=1S/C27H27F2N5O3/c1-4-33-20-7-5-16(13-18(20)19-14-27(28,29)10-9-21(19)33)25-30-23-15(2)17(24-31-26(35)37-32-24)6-8-22(23)34(25)11-12-36-3/h5-8,13H,4,9-12,14H2,1-3H3,(H,31,32,35). The van der Waals surface area contributed by atoms with Crippen molar-refractivity contribution in [3.8, 4) is 22.8 Å². The zero-order chi connectivity index (χ0) is 25.9. The summed E-state index contributed by atoms with van der Waals surface area (Å²) in [5.74, 6) is -2.26. The van der Waals surface area contributed by atoms with Crippen LogP contribution in [0.25, 0.3) is 44.7 Å². The van der Waals surface area contributed by atoms with Crippen molar-refractivity contribution < 1.29 is 18.0 Å². The molecule has 0 amide bonds. The summed E-state index contributed by atoms with van der Waals surface area (Å²) in [6, 6.07) is 9.84. The highest BCUT2D eigenvalue weighted by Gasteiger charge is 2.37. The fourth-order valence-electron chi connectivity index (χ4n) is 5.67. The molecule has 0 atom stereocenters. The smallest absolute Gasteiger partial charge is 0.383 e. The quantitative estimate of drug-likeness (QED) is 0.345. The molecule has 5 aromatic rings. The van der Waals surface area contributed by atoms with Gasteiger partial charge < -0.3 is 13.9 Å². The monoisotopic (exact) mass is 507 g/mol. The van der Waals surface area contributed by atoms with Crippen molar-refractivity contribution in [2.75, 3.05) is 13.7 Å². The minimum atomic E-state index is -2.70. The summed E-state index contributed by atoms with van der Waals surface area (Å²) in [7, 11) is 1.65. The van der Waals surface area contributed by atoms with Crippen LogP contribution < -0.4 is 5.76 Å². The highest BCUT2D eigenvalue weighted by molar-refractivity contribution is 5.92. The predicted octanol–water partition coefficient (Wildman–Crippen LogP) is 5.10. The van der Waals surface area contributed by atoms with E-state index in [-0.39, 0.29) is 12.8 Å². The number of aromatic nitrogens is 5. The van der Waals surface area contributed by atoms with Crippen LogP contribution in [-0.2, 0) is 30.7 Å². The average Bonchev–Trinajstić information content (AvgIpc) is 3.55. The van der Waals surface area contributed by atoms with Gasteiger partial charge in [-0.05, 0) is 61.7 Å². The number of H-pyrrole nitrogens is 1. The number of aromatic amines is 1. The molecule has 0 saturated carbocycles. The highest BCUT2D eigenvalue weighted by atomic mass is 19.3. The number of nitrogens with zero attached hydrogens (tertiary/aromatic N) is 4. The molecule has 0 aliphatic heterocycles. The SMILES string of the molecule is CCn1c2c(c3cc(-c4nc5c(C)c(-c6noc(=O)[nH]6)ccc5n4CCOC)ccc31)CC(F)(F)CC2. The third kappa shape index (κ3) is 3.78. The average molecular weight is 508 g/mol. The molecule has 0 spiro atoms. The molecule has 2 aromatic carbocycles. The number of nitrogens with one attached hydrogen (secondary N) is 1. The highest BCUT2D eigenvalue weighted by Crippen LogP contribution is 2.40. The summed E-state index contributed by atoms with van der Waals surface area (Å²) >= 11 is 0. The van der Waals surface area contributed by atoms with Crippen molar-refractivity contribution >= 4 is 21.9 Å². The molecular weight excluding hydrogens is 480 g/mol. The van der Waals surface area contributed by atoms with Gasteiger partial charge in [-0.1, -0.05) is 5.16 Å². The van der Waals surface area contributed by atoms with Gasteiger partial charge in [-0.15, -0.1) is 0 Å². The van der Waals surface area contributed by atoms with Crippen LogP contribution in [0.1, 0.15) is 30.2 Å². The van der Waals surface area contributed by atoms with Crippen molar-refractivity contribution in [3.63, 3.8) is 0 Å². The van der Waals surface area contributed by atoms with E-state index in [4.69, 9.17) is 14.2 Å². The van der Waals surface area contributed by atoms with Gasteiger partial charge in [-0.3, -0.25) is 9.51 Å². The first-order valence-corrected chi connectivity index (χ1v) is 12.4. The van der Waals surface area contributed by atoms with Gasteiger partial charge >= 0.3 is 5.76 Å². The Bertz CT molecular complexity index is 1710. The number of rotatable bonds is 6. The van der Waals surface area contributed by atoms with Gasteiger partial charge in [0.05, 0.1) is 17.6 Å². The number of ether oxygens (including phenoxy) is 1. The van der Waals surface area contributed by atoms with E-state index in [9.17, 15) is 13.6 Å². The van der Waals surface area contributed by atoms with Gasteiger partial charge in [0.1, 0.15) is 5.82 Å². The van der Waals surface area contributed by atoms with Gasteiger partial charge in [-0.25, -0.2) is 18.6 Å². The number of hydrogen-bond donors (Lipinski definition) is 1. The van der Waals surface area contributed by atoms with E-state index in [2.05, 4.69) is 19.3 Å². The number of aryl methyl sites for hydroxylation is 2. The minimum absolute atomic E-state index is 0.117. The van der Waals surface area contributed by atoms with Crippen molar-refractivity contribution in [2.45, 2.75) is 52.1 Å². The number of fused-ring (bicyclic) bond motifs is 4. The van der Waals surface area contributed by atoms with Gasteiger partial charge in [0.2, 0.25) is 0 Å². The Hall–Kier alpha value is -3.79. The molecule has 6 rings (SSSR count). The van der Waals surface area contributed by atoms with Crippen LogP contribution in [0.5, 0.6) is 0 Å². The third-order valence-corrected chi connectivity index (χ3v) is 7.41. The Morgan fingerprint density at radius 1 is 1.19 bits per heavy atom. The lowest BCUT2D eigenvalue weighted by Gasteiger charge is -2.23. The molecular formula is C27H27F2N5O3. The summed E-state index contributed by atoms with van der Waals surface area (Å²) in [6.07, 6.45) is 0.0147. The molecule has 10 heteroatoms. The molecule has 1 aliphatic rings. The van der Waals surface area contributed by atoms with Crippen LogP contribution in [-0.4, -0.2) is 43.9 Å². The van der Waals surface area contributed by atoms with Crippen LogP contribution in [0.3, 0.4) is 0 Å². The number of imidazole rings is 1. The molecule has 3 aromatic heterocycles. The normalized spacial score (nSPS) is 15.1. The van der Waals surface area contributed by atoms with Crippen LogP contribution in [0, 0.1) is 6.92 Å². The van der Waals surface area contributed by atoms with Gasteiger partial charge in [0.25, 0.3) is 5.92 Å². The first kappa shape index (κ1) is 23.6. The number of alkyl halides is 2. The van der Waals surface area contributed by atoms with Crippen LogP contribution >= 0.6 is 0 Å². The van der Waals surface area contributed by atoms with E-state index in [0.29, 0.717) is 31.0 Å². The topological polar surface area (TPSA) is 90.9 Å². The summed E-state index contributed by atoms with van der Waals surface area (Å²) in [6.45, 7) is 5.74. The molecule has 37 heavy (non-hydrogen) atoms. The maximum absolute atomic E-state index is 14.4. The van der Waals surface area contributed by atoms with Crippen molar-refractivity contribution in [1.82, 2.24) is 24.3 Å². The van der Waals surface area contributed by atoms with E-state index in [0.717, 1.165) is 56.7 Å². The van der Waals surface area contributed by atoms with Crippen molar-refractivity contribution in [1.29, 1.82) is 0 Å². The fourth-order valence-corrected chi connectivity index (χ4v) is 5.67. The second-order valence-corrected chi connectivity index (χ2v) is 9.56. The molecule has 1 N–H and O–H groups in total. The maximum Gasteiger partial charge on any atom is 0.439 e. The molecule has 0 bridgehead atoms. The second kappa shape index (κ2) is 8.65. The summed E-state index contributed by atoms with van der Waals surface area (Å²) in [4.78, 5) is 19.1. The number of hydrogen-bond acceptors (Lipinski definition) is 5. The van der Waals surface area contributed by atoms with Crippen LogP contribution in [0.2, 0.25) is 0 Å². The zero-order valence-corrected chi connectivity index (χ0v) is 20.9. The van der Waals surface area contributed by atoms with Gasteiger partial charge in [0.15, 0.2) is 5.82 Å². The molecule has 3 heterocycles. The van der Waals surface area contributed by atoms with Crippen molar-refractivity contribution in [3.05, 3.63) is 57.7 Å². The molecule has 0 saturated heterocycles. The lowest BCUT2D eigenvalue weighted by molar-refractivity contribution is -0.0125. The van der Waals surface area contributed by atoms with Gasteiger partial charge in [0, 0.05) is 60.8 Å². The Labute approximate surface area is 210 Å². The number of methoxy groups -OCH3 is 1. The summed E-state index contributed by atoms with van der Waals surface area (Å²) in [5, 5.41) is 4.68. The van der Waals surface area contributed by atoms with E-state index in [1.54, 1.807) is 7.11 Å². The number of halogens is 2. The maximum atomic E-state index is 14.4. The van der Waals surface area contributed by atoms with Crippen molar-refractivity contribution in [2.24, 2.45) is 0 Å². The van der Waals surface area contributed by atoms with E-state index in [1.165, 1.54) is 0 Å². The minimum Gasteiger partial charge on any atom is -0.383 e. The Morgan fingerprint density at radius 3 is 2.73 bits per heavy atom. The summed E-state index contributed by atoms with van der Waals surface area (Å²) < 4.78 is 43.2.